The highest BCUT2D eigenvalue weighted by molar-refractivity contribution is 7.89. The maximum atomic E-state index is 13.0. The number of carbonyl (C=O) groups is 1. The van der Waals surface area contributed by atoms with Gasteiger partial charge in [-0.3, -0.25) is 0 Å². The van der Waals surface area contributed by atoms with E-state index in [4.69, 9.17) is 0 Å². The number of sulfonamides is 1. The number of aromatic nitrogens is 1. The Labute approximate surface area is 140 Å². The fourth-order valence-corrected chi connectivity index (χ4v) is 4.43. The number of rotatable bonds is 4. The number of hydrogen-bond acceptors (Lipinski definition) is 3. The predicted molar refractivity (Wildman–Crippen MR) is 88.9 cm³/mol. The quantitative estimate of drug-likeness (QED) is 0.919. The van der Waals surface area contributed by atoms with Gasteiger partial charge in [-0.25, -0.2) is 13.2 Å². The molecule has 2 aromatic rings. The van der Waals surface area contributed by atoms with E-state index in [-0.39, 0.29) is 17.0 Å². The Kier molecular flexibility index (Phi) is 4.06. The van der Waals surface area contributed by atoms with Crippen molar-refractivity contribution in [2.75, 3.05) is 6.54 Å². The van der Waals surface area contributed by atoms with Crippen LogP contribution in [0.3, 0.4) is 0 Å². The van der Waals surface area contributed by atoms with E-state index in [0.717, 1.165) is 5.56 Å². The molecule has 24 heavy (non-hydrogen) atoms. The van der Waals surface area contributed by atoms with Crippen LogP contribution in [0.15, 0.2) is 59.1 Å². The van der Waals surface area contributed by atoms with Crippen molar-refractivity contribution < 1.29 is 18.3 Å². The van der Waals surface area contributed by atoms with Crippen LogP contribution in [0.2, 0.25) is 0 Å². The molecule has 1 aliphatic rings. The van der Waals surface area contributed by atoms with Gasteiger partial charge in [-0.2, -0.15) is 4.31 Å². The summed E-state index contributed by atoms with van der Waals surface area (Å²) in [5.74, 6) is -1.11. The lowest BCUT2D eigenvalue weighted by atomic mass is 10.1. The van der Waals surface area contributed by atoms with E-state index in [2.05, 4.69) is 0 Å². The number of nitrogens with zero attached hydrogens (tertiary/aromatic N) is 2. The Balaban J connectivity index is 2.08. The Morgan fingerprint density at radius 3 is 2.42 bits per heavy atom. The molecule has 6 nitrogen and oxygen atoms in total. The summed E-state index contributed by atoms with van der Waals surface area (Å²) >= 11 is 0. The molecule has 126 valence electrons. The fraction of sp³-hybridized carbons (Fsp3) is 0.235. The first-order valence-corrected chi connectivity index (χ1v) is 8.89. The van der Waals surface area contributed by atoms with Crippen LogP contribution in [0.4, 0.5) is 0 Å². The van der Waals surface area contributed by atoms with Crippen LogP contribution in [0, 0.1) is 6.92 Å². The van der Waals surface area contributed by atoms with Crippen molar-refractivity contribution in [2.45, 2.75) is 17.9 Å². The molecule has 1 aromatic heterocycles. The Bertz CT molecular complexity index is 910. The standard InChI is InChI=1S/C17H18N2O4S/c1-12-5-7-13(8-6-12)24(22,23)19-11-9-14(17(20)21)16(19)15-4-3-10-18(15)2/h3-10,16H,11H2,1-2H3,(H,20,21). The third-order valence-electron chi connectivity index (χ3n) is 4.21. The normalized spacial score (nSPS) is 18.6. The number of carboxylic acid groups (broad SMARTS) is 1. The van der Waals surface area contributed by atoms with E-state index in [1.165, 1.54) is 10.4 Å². The number of aryl methyl sites for hydroxylation is 2. The van der Waals surface area contributed by atoms with Crippen molar-refractivity contribution >= 4 is 16.0 Å². The number of carboxylic acids is 1. The van der Waals surface area contributed by atoms with Gasteiger partial charge in [-0.1, -0.05) is 23.8 Å². The Morgan fingerprint density at radius 2 is 1.88 bits per heavy atom. The second kappa shape index (κ2) is 5.92. The van der Waals surface area contributed by atoms with E-state index in [9.17, 15) is 18.3 Å². The van der Waals surface area contributed by atoms with Crippen LogP contribution in [0.1, 0.15) is 17.3 Å². The minimum absolute atomic E-state index is 0.0354. The average molecular weight is 346 g/mol. The zero-order chi connectivity index (χ0) is 17.5. The molecule has 0 aliphatic carbocycles. The van der Waals surface area contributed by atoms with Gasteiger partial charge in [0, 0.05) is 25.5 Å². The lowest BCUT2D eigenvalue weighted by Gasteiger charge is -2.26. The smallest absolute Gasteiger partial charge is 0.333 e. The van der Waals surface area contributed by atoms with Gasteiger partial charge in [-0.15, -0.1) is 0 Å². The molecular weight excluding hydrogens is 328 g/mol. The van der Waals surface area contributed by atoms with Crippen molar-refractivity contribution in [3.8, 4) is 0 Å². The molecule has 0 fully saturated rings. The van der Waals surface area contributed by atoms with Gasteiger partial charge in [0.25, 0.3) is 0 Å². The summed E-state index contributed by atoms with van der Waals surface area (Å²) in [5, 5.41) is 9.46. The van der Waals surface area contributed by atoms with Crippen LogP contribution < -0.4 is 0 Å². The molecule has 1 unspecified atom stereocenters. The van der Waals surface area contributed by atoms with Crippen LogP contribution >= 0.6 is 0 Å². The number of benzene rings is 1. The highest BCUT2D eigenvalue weighted by atomic mass is 32.2. The molecule has 7 heteroatoms. The highest BCUT2D eigenvalue weighted by Crippen LogP contribution is 2.37. The van der Waals surface area contributed by atoms with E-state index >= 15 is 0 Å². The molecule has 0 saturated heterocycles. The molecule has 1 N–H and O–H groups in total. The minimum Gasteiger partial charge on any atom is -0.478 e. The summed E-state index contributed by atoms with van der Waals surface area (Å²) in [6.07, 6.45) is 3.23. The molecule has 1 aromatic carbocycles. The van der Waals surface area contributed by atoms with E-state index < -0.39 is 22.0 Å². The van der Waals surface area contributed by atoms with Crippen LogP contribution in [0.25, 0.3) is 0 Å². The topological polar surface area (TPSA) is 79.6 Å². The van der Waals surface area contributed by atoms with Crippen molar-refractivity contribution in [1.82, 2.24) is 8.87 Å². The summed E-state index contributed by atoms with van der Waals surface area (Å²) in [6.45, 7) is 1.91. The zero-order valence-corrected chi connectivity index (χ0v) is 14.2. The van der Waals surface area contributed by atoms with Gasteiger partial charge >= 0.3 is 5.97 Å². The summed E-state index contributed by atoms with van der Waals surface area (Å²) in [6, 6.07) is 9.22. The second-order valence-electron chi connectivity index (χ2n) is 5.80. The third kappa shape index (κ3) is 2.65. The van der Waals surface area contributed by atoms with Crippen molar-refractivity contribution in [3.05, 3.63) is 65.5 Å². The molecule has 0 saturated carbocycles. The Morgan fingerprint density at radius 1 is 1.21 bits per heavy atom. The second-order valence-corrected chi connectivity index (χ2v) is 7.69. The first kappa shape index (κ1) is 16.5. The summed E-state index contributed by atoms with van der Waals surface area (Å²) in [7, 11) is -2.04. The van der Waals surface area contributed by atoms with Crippen LogP contribution in [-0.4, -0.2) is 34.9 Å². The SMILES string of the molecule is Cc1ccc(S(=O)(=O)N2CC=C(C(=O)O)C2c2cccn2C)cc1. The van der Waals surface area contributed by atoms with Gasteiger partial charge in [0.2, 0.25) is 10.0 Å². The first-order valence-electron chi connectivity index (χ1n) is 7.45. The maximum Gasteiger partial charge on any atom is 0.333 e. The maximum absolute atomic E-state index is 13.0. The molecule has 0 spiro atoms. The molecule has 0 bridgehead atoms. The summed E-state index contributed by atoms with van der Waals surface area (Å²) in [4.78, 5) is 11.7. The summed E-state index contributed by atoms with van der Waals surface area (Å²) in [5.41, 5.74) is 1.66. The third-order valence-corrected chi connectivity index (χ3v) is 6.06. The number of aliphatic carboxylic acids is 1. The molecule has 1 atom stereocenters. The van der Waals surface area contributed by atoms with Crippen molar-refractivity contribution in [3.63, 3.8) is 0 Å². The van der Waals surface area contributed by atoms with Gasteiger partial charge in [0.15, 0.2) is 0 Å². The van der Waals surface area contributed by atoms with E-state index in [1.807, 2.05) is 6.92 Å². The number of hydrogen-bond donors (Lipinski definition) is 1. The monoisotopic (exact) mass is 346 g/mol. The van der Waals surface area contributed by atoms with Crippen molar-refractivity contribution in [1.29, 1.82) is 0 Å². The minimum atomic E-state index is -3.81. The van der Waals surface area contributed by atoms with E-state index in [1.54, 1.807) is 54.2 Å². The molecule has 3 rings (SSSR count). The van der Waals surface area contributed by atoms with Gasteiger partial charge < -0.3 is 9.67 Å². The molecule has 1 aliphatic heterocycles. The highest BCUT2D eigenvalue weighted by Gasteiger charge is 2.41. The molecule has 0 amide bonds. The molecular formula is C17H18N2O4S. The lowest BCUT2D eigenvalue weighted by Crippen LogP contribution is -2.34. The van der Waals surface area contributed by atoms with Gasteiger partial charge in [-0.05, 0) is 31.2 Å². The van der Waals surface area contributed by atoms with E-state index in [0.29, 0.717) is 5.69 Å². The largest absolute Gasteiger partial charge is 0.478 e. The Hall–Kier alpha value is -2.38. The first-order chi connectivity index (χ1) is 11.3. The van der Waals surface area contributed by atoms with Gasteiger partial charge in [0.1, 0.15) is 0 Å². The zero-order valence-electron chi connectivity index (χ0n) is 13.4. The molecule has 2 heterocycles. The van der Waals surface area contributed by atoms with Crippen LogP contribution in [-0.2, 0) is 21.9 Å². The lowest BCUT2D eigenvalue weighted by molar-refractivity contribution is -0.133. The van der Waals surface area contributed by atoms with Crippen molar-refractivity contribution in [2.24, 2.45) is 7.05 Å². The average Bonchev–Trinajstić information content (AvgIpc) is 3.13. The van der Waals surface area contributed by atoms with Gasteiger partial charge in [0.05, 0.1) is 16.5 Å². The summed E-state index contributed by atoms with van der Waals surface area (Å²) < 4.78 is 29.0. The molecule has 0 radical (unpaired) electrons. The predicted octanol–water partition coefficient (Wildman–Crippen LogP) is 2.09. The fourth-order valence-electron chi connectivity index (χ4n) is 2.91. The van der Waals surface area contributed by atoms with Crippen LogP contribution in [0.5, 0.6) is 0 Å².